The number of nitrogens with zero attached hydrogens (tertiary/aromatic N) is 9. The molecule has 618 valence electrons. The van der Waals surface area contributed by atoms with E-state index in [-0.39, 0.29) is 116 Å². The zero-order valence-electron chi connectivity index (χ0n) is 67.0. The van der Waals surface area contributed by atoms with Crippen LogP contribution >= 0.6 is 0 Å². The van der Waals surface area contributed by atoms with Gasteiger partial charge in [-0.05, 0) is 126 Å². The third-order valence-electron chi connectivity index (χ3n) is 23.9. The largest absolute Gasteiger partial charge is 0.394 e. The normalized spacial score (nSPS) is 30.7. The van der Waals surface area contributed by atoms with Crippen LogP contribution in [0.4, 0.5) is 26.3 Å². The lowest BCUT2D eigenvalue weighted by Crippen LogP contribution is -2.71. The lowest BCUT2D eigenvalue weighted by atomic mass is 9.58. The van der Waals surface area contributed by atoms with Gasteiger partial charge in [-0.1, -0.05) is 73.0 Å². The Hall–Kier alpha value is -7.16. The Morgan fingerprint density at radius 2 is 1.28 bits per heavy atom. The summed E-state index contributed by atoms with van der Waals surface area (Å²) >= 11 is 0. The Kier molecular flexibility index (Phi) is 32.3. The van der Waals surface area contributed by atoms with Gasteiger partial charge in [0.1, 0.15) is 53.9 Å². The molecule has 0 aromatic heterocycles. The van der Waals surface area contributed by atoms with Gasteiger partial charge < -0.3 is 74.3 Å². The minimum Gasteiger partial charge on any atom is -0.382 e. The van der Waals surface area contributed by atoms with Crippen molar-refractivity contribution in [1.82, 2.24) is 60.0 Å². The van der Waals surface area contributed by atoms with Gasteiger partial charge in [-0.3, -0.25) is 57.5 Å². The van der Waals surface area contributed by atoms with E-state index in [0.29, 0.717) is 19.3 Å². The number of fused-ring (bicyclic) bond motifs is 3. The van der Waals surface area contributed by atoms with Crippen molar-refractivity contribution in [2.24, 2.45) is 40.9 Å². The van der Waals surface area contributed by atoms with Crippen molar-refractivity contribution in [3.05, 3.63) is 12.2 Å². The van der Waals surface area contributed by atoms with Crippen LogP contribution in [0.5, 0.6) is 0 Å². The molecule has 0 aromatic rings. The molecule has 12 amide bonds. The summed E-state index contributed by atoms with van der Waals surface area (Å²) in [6, 6.07) is -11.4. The van der Waals surface area contributed by atoms with Crippen molar-refractivity contribution < 1.29 is 98.1 Å². The second-order valence-corrected chi connectivity index (χ2v) is 32.3. The second-order valence-electron chi connectivity index (χ2n) is 32.3. The summed E-state index contributed by atoms with van der Waals surface area (Å²) in [5, 5.41) is 8.58. The van der Waals surface area contributed by atoms with Crippen molar-refractivity contribution in [3.8, 4) is 0 Å². The summed E-state index contributed by atoms with van der Waals surface area (Å²) in [5.74, 6) is -14.9. The maximum atomic E-state index is 15.8. The maximum Gasteiger partial charge on any atom is 0.394 e. The number of rotatable bonds is 16. The summed E-state index contributed by atoms with van der Waals surface area (Å²) in [7, 11) is 13.3. The molecule has 3 aliphatic heterocycles. The average Bonchev–Trinajstić information content (AvgIpc) is 1.33. The van der Waals surface area contributed by atoms with E-state index in [0.717, 1.165) is 24.5 Å². The molecule has 0 radical (unpaired) electrons. The van der Waals surface area contributed by atoms with E-state index in [1.54, 1.807) is 32.9 Å². The summed E-state index contributed by atoms with van der Waals surface area (Å²) in [6.07, 6.45) is -8.34. The number of likely N-dealkylation sites (N-methyl/N-ethyl adjacent to an activating group) is 7. The van der Waals surface area contributed by atoms with Crippen LogP contribution in [0.15, 0.2) is 12.2 Å². The standard InChI is InChI=1S/C76H122F6N12O15/c1-18-45(5)62-70(104)88(11)41-61(97)89(12)53-25-23-22-24-34-93(69(53)103)56(35-46-26-30-49(31-27-46)75(77,78)79)68(102)87(10)40-59(95)83-52(33-29-47-28-32-51(76(80,81)82)58(36-47)108-17)66(100)94-39-50(109-21-4)37-54(94)65(99)85-74(43-73(6,7)44-74)72(106)92(15)63(48(19-2)20-3)71(105)91(14)55(67(101)86(8)9)38-60(96)90(13)57(42-107-16)64(98)84-62/h22-23,45-58,62-63H,18-21,24-44H2,1-17H3,(H,83,95)(H,84,98)(H,85,99)/b23-22-/t45-,46?,47?,49?,50+,51?,52-,53-,54-,55-,56-,57-,58?,62-,63-/m0/s1. The SMILES string of the molecule is CCO[C@@H]1C[C@H]2C(=O)NC3(CC(C)(C)C3)C(=O)N(C)[C@@H](C(CC)CC)C(=O)N(C)[C@H](C(=O)N(C)C)CC(=O)N(C)[C@@H](COC)C(=O)N[C@@H]([C@@H](C)CC)C(=O)N(C)CC(=O)N(C)[C@H]3C/C=C\CCN(C3=O)[C@@H](CC3CCC(C(F)(F)F)CC3)C(=O)N(C)CC(=O)N[C@@H](CCC3CCC(C(F)(F)F)C(OC)C3)C(=O)N2C1. The smallest absolute Gasteiger partial charge is 0.382 e. The molecule has 6 aliphatic rings. The highest BCUT2D eigenvalue weighted by Gasteiger charge is 2.59. The fourth-order valence-corrected chi connectivity index (χ4v) is 17.3. The van der Waals surface area contributed by atoms with E-state index in [1.807, 2.05) is 27.7 Å². The molecule has 0 aromatic carbocycles. The zero-order valence-corrected chi connectivity index (χ0v) is 67.0. The zero-order chi connectivity index (χ0) is 81.7. The number of hydrogen-bond donors (Lipinski definition) is 3. The third-order valence-corrected chi connectivity index (χ3v) is 23.9. The Bertz CT molecular complexity index is 3230. The Balaban J connectivity index is 1.50. The van der Waals surface area contributed by atoms with Crippen LogP contribution in [-0.4, -0.2) is 303 Å². The van der Waals surface area contributed by atoms with Gasteiger partial charge in [-0.15, -0.1) is 0 Å². The van der Waals surface area contributed by atoms with Crippen LogP contribution in [0.2, 0.25) is 0 Å². The Labute approximate surface area is 638 Å². The van der Waals surface area contributed by atoms with E-state index in [4.69, 9.17) is 14.2 Å². The molecule has 3 aliphatic carbocycles. The van der Waals surface area contributed by atoms with Crippen molar-refractivity contribution in [3.63, 3.8) is 0 Å². The Morgan fingerprint density at radius 3 is 1.83 bits per heavy atom. The predicted octanol–water partition coefficient (Wildman–Crippen LogP) is 5.56. The fourth-order valence-electron chi connectivity index (χ4n) is 17.3. The van der Waals surface area contributed by atoms with Crippen LogP contribution in [0.3, 0.4) is 0 Å². The maximum absolute atomic E-state index is 15.8. The van der Waals surface area contributed by atoms with E-state index in [9.17, 15) is 55.1 Å². The average molecular weight is 1560 g/mol. The number of amides is 12. The summed E-state index contributed by atoms with van der Waals surface area (Å²) in [4.78, 5) is 192. The highest BCUT2D eigenvalue weighted by atomic mass is 19.4. The molecule has 3 saturated carbocycles. The lowest BCUT2D eigenvalue weighted by molar-refractivity contribution is -0.215. The van der Waals surface area contributed by atoms with Crippen molar-refractivity contribution >= 4 is 70.9 Å². The number of ether oxygens (including phenoxy) is 3. The van der Waals surface area contributed by atoms with Gasteiger partial charge in [-0.25, -0.2) is 0 Å². The number of methoxy groups -OCH3 is 2. The molecule has 5 fully saturated rings. The molecule has 3 unspecified atom stereocenters. The summed E-state index contributed by atoms with van der Waals surface area (Å²) in [6.45, 7) is 10.5. The van der Waals surface area contributed by atoms with E-state index < -0.39 is 216 Å². The van der Waals surface area contributed by atoms with Gasteiger partial charge in [0.25, 0.3) is 0 Å². The molecule has 3 N–H and O–H groups in total. The van der Waals surface area contributed by atoms with E-state index in [2.05, 4.69) is 16.0 Å². The minimum atomic E-state index is -4.57. The molecule has 2 saturated heterocycles. The third kappa shape index (κ3) is 22.4. The first-order valence-electron chi connectivity index (χ1n) is 38.7. The second kappa shape index (κ2) is 38.9. The van der Waals surface area contributed by atoms with Crippen molar-refractivity contribution in [1.29, 1.82) is 0 Å². The van der Waals surface area contributed by atoms with Gasteiger partial charge in [0.15, 0.2) is 0 Å². The molecular weight excluding hydrogens is 1430 g/mol. The van der Waals surface area contributed by atoms with Crippen LogP contribution in [-0.2, 0) is 71.7 Å². The van der Waals surface area contributed by atoms with Gasteiger partial charge >= 0.3 is 12.4 Å². The number of halogens is 6. The van der Waals surface area contributed by atoms with Gasteiger partial charge in [0, 0.05) is 96.7 Å². The number of nitrogens with one attached hydrogen (secondary N) is 3. The molecule has 3 heterocycles. The predicted molar refractivity (Wildman–Crippen MR) is 390 cm³/mol. The van der Waals surface area contributed by atoms with E-state index in [1.165, 1.54) is 90.2 Å². The van der Waals surface area contributed by atoms with Crippen molar-refractivity contribution in [2.75, 3.05) is 110 Å². The molecule has 109 heavy (non-hydrogen) atoms. The topological polar surface area (TPSA) is 298 Å². The van der Waals surface area contributed by atoms with E-state index >= 15 is 28.8 Å². The molecular formula is C76H122F6N12O15. The number of hydrogen-bond acceptors (Lipinski definition) is 15. The first-order valence-corrected chi connectivity index (χ1v) is 38.7. The van der Waals surface area contributed by atoms with Crippen LogP contribution in [0.1, 0.15) is 170 Å². The monoisotopic (exact) mass is 1560 g/mol. The summed E-state index contributed by atoms with van der Waals surface area (Å²) < 4.78 is 102. The first-order chi connectivity index (χ1) is 51.0. The van der Waals surface area contributed by atoms with Gasteiger partial charge in [0.05, 0.1) is 50.2 Å². The number of carbonyl (C=O) groups excluding carboxylic acids is 12. The Morgan fingerprint density at radius 1 is 0.651 bits per heavy atom. The van der Waals surface area contributed by atoms with Crippen LogP contribution in [0, 0.1) is 40.9 Å². The molecule has 33 heteroatoms. The quantitative estimate of drug-likeness (QED) is 0.126. The highest BCUT2D eigenvalue weighted by Crippen LogP contribution is 2.50. The fraction of sp³-hybridized carbons (Fsp3) is 0.816. The highest BCUT2D eigenvalue weighted by molar-refractivity contribution is 6.01. The molecule has 13 atom stereocenters. The number of carbonyl (C=O) groups is 12. The lowest BCUT2D eigenvalue weighted by Gasteiger charge is -2.54. The molecule has 6 rings (SSSR count). The first kappa shape index (κ1) is 90.7. The minimum absolute atomic E-state index is 0.0261. The number of alkyl halides is 6. The van der Waals surface area contributed by atoms with Gasteiger partial charge in [-0.2, -0.15) is 26.3 Å². The van der Waals surface area contributed by atoms with Crippen LogP contribution in [0.25, 0.3) is 0 Å². The molecule has 27 nitrogen and oxygen atoms in total. The molecule has 2 bridgehead atoms. The summed E-state index contributed by atoms with van der Waals surface area (Å²) in [5.41, 5.74) is -2.31. The van der Waals surface area contributed by atoms with Crippen LogP contribution < -0.4 is 16.0 Å². The van der Waals surface area contributed by atoms with Crippen molar-refractivity contribution in [2.45, 2.75) is 249 Å². The van der Waals surface area contributed by atoms with Gasteiger partial charge in [0.2, 0.25) is 70.9 Å². The molecule has 1 spiro atoms.